The second-order valence-electron chi connectivity index (χ2n) is 4.79. The zero-order chi connectivity index (χ0) is 14.4. The summed E-state index contributed by atoms with van der Waals surface area (Å²) >= 11 is 0. The number of hydrogen-bond acceptors (Lipinski definition) is 3. The van der Waals surface area contributed by atoms with Gasteiger partial charge in [-0.05, 0) is 36.6 Å². The van der Waals surface area contributed by atoms with Gasteiger partial charge in [0.05, 0.1) is 6.04 Å². The summed E-state index contributed by atoms with van der Waals surface area (Å²) in [5.41, 5.74) is 7.50. The van der Waals surface area contributed by atoms with E-state index in [1.165, 1.54) is 16.3 Å². The summed E-state index contributed by atoms with van der Waals surface area (Å²) in [6.07, 6.45) is 0.399. The lowest BCUT2D eigenvalue weighted by molar-refractivity contribution is -0.147. The van der Waals surface area contributed by atoms with Gasteiger partial charge in [-0.25, -0.2) is 0 Å². The van der Waals surface area contributed by atoms with E-state index in [1.807, 2.05) is 13.8 Å². The Morgan fingerprint density at radius 3 is 2.30 bits per heavy atom. The molecule has 0 heterocycles. The molecule has 0 saturated heterocycles. The van der Waals surface area contributed by atoms with Crippen LogP contribution in [0.25, 0.3) is 10.8 Å². The lowest BCUT2D eigenvalue weighted by Crippen LogP contribution is -2.40. The van der Waals surface area contributed by atoms with Crippen LogP contribution in [-0.2, 0) is 15.9 Å². The summed E-state index contributed by atoms with van der Waals surface area (Å²) in [5.74, 6) is 0. The molecule has 3 nitrogen and oxygen atoms in total. The molecule has 0 radical (unpaired) electrons. The Morgan fingerprint density at radius 1 is 0.950 bits per heavy atom. The van der Waals surface area contributed by atoms with E-state index < -0.39 is 0 Å². The van der Waals surface area contributed by atoms with E-state index in [-0.39, 0.29) is 12.3 Å². The summed E-state index contributed by atoms with van der Waals surface area (Å²) < 4.78 is 11.2. The quantitative estimate of drug-likeness (QED) is 0.788. The fourth-order valence-corrected chi connectivity index (χ4v) is 2.44. The van der Waals surface area contributed by atoms with Crippen molar-refractivity contribution in [1.82, 2.24) is 0 Å². The minimum absolute atomic E-state index is 0.166. The van der Waals surface area contributed by atoms with Gasteiger partial charge in [0.15, 0.2) is 6.29 Å². The molecular weight excluding hydrogens is 250 g/mol. The van der Waals surface area contributed by atoms with Gasteiger partial charge in [-0.2, -0.15) is 0 Å². The minimum atomic E-state index is -0.344. The lowest BCUT2D eigenvalue weighted by atomic mass is 9.99. The molecule has 0 aromatic heterocycles. The SMILES string of the molecule is CCOC(OCC)C(N)Cc1cccc2ccccc12. The van der Waals surface area contributed by atoms with Crippen molar-refractivity contribution in [3.8, 4) is 0 Å². The number of benzene rings is 2. The summed E-state index contributed by atoms with van der Waals surface area (Å²) in [6.45, 7) is 5.12. The van der Waals surface area contributed by atoms with Gasteiger partial charge in [-0.15, -0.1) is 0 Å². The molecule has 0 aliphatic carbocycles. The molecule has 1 unspecified atom stereocenters. The Morgan fingerprint density at radius 2 is 1.60 bits per heavy atom. The van der Waals surface area contributed by atoms with Gasteiger partial charge in [0.25, 0.3) is 0 Å². The van der Waals surface area contributed by atoms with Crippen LogP contribution in [0.3, 0.4) is 0 Å². The molecular formula is C17H23NO2. The van der Waals surface area contributed by atoms with Crippen molar-refractivity contribution in [2.75, 3.05) is 13.2 Å². The molecule has 0 bridgehead atoms. The number of ether oxygens (including phenoxy) is 2. The predicted octanol–water partition coefficient (Wildman–Crippen LogP) is 3.11. The van der Waals surface area contributed by atoms with Crippen LogP contribution in [-0.4, -0.2) is 25.5 Å². The zero-order valence-electron chi connectivity index (χ0n) is 12.2. The van der Waals surface area contributed by atoms with Crippen LogP contribution in [0, 0.1) is 0 Å². The van der Waals surface area contributed by atoms with Crippen molar-refractivity contribution < 1.29 is 9.47 Å². The van der Waals surface area contributed by atoms with Gasteiger partial charge in [0, 0.05) is 13.2 Å². The van der Waals surface area contributed by atoms with E-state index in [1.54, 1.807) is 0 Å². The smallest absolute Gasteiger partial charge is 0.172 e. The first-order valence-electron chi connectivity index (χ1n) is 7.21. The van der Waals surface area contributed by atoms with Crippen molar-refractivity contribution in [2.24, 2.45) is 5.73 Å². The maximum atomic E-state index is 6.26. The van der Waals surface area contributed by atoms with Crippen LogP contribution in [0.5, 0.6) is 0 Å². The predicted molar refractivity (Wildman–Crippen MR) is 82.7 cm³/mol. The molecule has 20 heavy (non-hydrogen) atoms. The largest absolute Gasteiger partial charge is 0.351 e. The number of hydrogen-bond donors (Lipinski definition) is 1. The average Bonchev–Trinajstić information content (AvgIpc) is 2.47. The zero-order valence-corrected chi connectivity index (χ0v) is 12.2. The first-order valence-corrected chi connectivity index (χ1v) is 7.21. The van der Waals surface area contributed by atoms with Gasteiger partial charge in [-0.1, -0.05) is 42.5 Å². The number of fused-ring (bicyclic) bond motifs is 1. The maximum Gasteiger partial charge on any atom is 0.172 e. The fraction of sp³-hybridized carbons (Fsp3) is 0.412. The number of nitrogens with two attached hydrogens (primary N) is 1. The van der Waals surface area contributed by atoms with Crippen molar-refractivity contribution in [2.45, 2.75) is 32.6 Å². The molecule has 108 valence electrons. The van der Waals surface area contributed by atoms with Crippen LogP contribution in [0.4, 0.5) is 0 Å². The molecule has 0 amide bonds. The molecule has 0 aliphatic heterocycles. The van der Waals surface area contributed by atoms with Gasteiger partial charge < -0.3 is 15.2 Å². The highest BCUT2D eigenvalue weighted by Crippen LogP contribution is 2.20. The van der Waals surface area contributed by atoms with Crippen LogP contribution in [0.15, 0.2) is 42.5 Å². The molecule has 2 rings (SSSR count). The second-order valence-corrected chi connectivity index (χ2v) is 4.79. The summed E-state index contributed by atoms with van der Waals surface area (Å²) in [4.78, 5) is 0. The van der Waals surface area contributed by atoms with Gasteiger partial charge in [-0.3, -0.25) is 0 Å². The van der Waals surface area contributed by atoms with Crippen molar-refractivity contribution in [1.29, 1.82) is 0 Å². The third-order valence-electron chi connectivity index (χ3n) is 3.35. The van der Waals surface area contributed by atoms with Gasteiger partial charge in [0.2, 0.25) is 0 Å². The normalized spacial score (nSPS) is 13.0. The molecule has 0 spiro atoms. The maximum absolute atomic E-state index is 6.26. The lowest BCUT2D eigenvalue weighted by Gasteiger charge is -2.24. The summed E-state index contributed by atoms with van der Waals surface area (Å²) in [6, 6.07) is 14.5. The first kappa shape index (κ1) is 15.0. The van der Waals surface area contributed by atoms with Crippen LogP contribution < -0.4 is 5.73 Å². The van der Waals surface area contributed by atoms with Gasteiger partial charge in [0.1, 0.15) is 0 Å². The monoisotopic (exact) mass is 273 g/mol. The molecule has 1 atom stereocenters. The van der Waals surface area contributed by atoms with E-state index in [9.17, 15) is 0 Å². The average molecular weight is 273 g/mol. The van der Waals surface area contributed by atoms with Crippen LogP contribution in [0.2, 0.25) is 0 Å². The standard InChI is InChI=1S/C17H23NO2/c1-3-19-17(20-4-2)16(18)12-14-10-7-9-13-8-5-6-11-15(13)14/h5-11,16-17H,3-4,12,18H2,1-2H3. The van der Waals surface area contributed by atoms with Crippen molar-refractivity contribution in [3.05, 3.63) is 48.0 Å². The third-order valence-corrected chi connectivity index (χ3v) is 3.35. The Hall–Kier alpha value is -1.42. The summed E-state index contributed by atoms with van der Waals surface area (Å²) in [5, 5.41) is 2.48. The van der Waals surface area contributed by atoms with E-state index in [0.717, 1.165) is 6.42 Å². The molecule has 2 N–H and O–H groups in total. The molecule has 2 aromatic carbocycles. The van der Waals surface area contributed by atoms with E-state index >= 15 is 0 Å². The molecule has 0 fully saturated rings. The Bertz CT molecular complexity index is 530. The van der Waals surface area contributed by atoms with Gasteiger partial charge >= 0.3 is 0 Å². The highest BCUT2D eigenvalue weighted by Gasteiger charge is 2.19. The molecule has 0 saturated carbocycles. The Balaban J connectivity index is 2.18. The fourth-order valence-electron chi connectivity index (χ4n) is 2.44. The van der Waals surface area contributed by atoms with Crippen LogP contribution in [0.1, 0.15) is 19.4 Å². The third kappa shape index (κ3) is 3.57. The topological polar surface area (TPSA) is 44.5 Å². The minimum Gasteiger partial charge on any atom is -0.351 e. The molecule has 2 aromatic rings. The van der Waals surface area contributed by atoms with E-state index in [0.29, 0.717) is 13.2 Å². The highest BCUT2D eigenvalue weighted by molar-refractivity contribution is 5.85. The first-order chi connectivity index (χ1) is 9.76. The Kier molecular flexibility index (Phi) is 5.53. The molecule has 3 heteroatoms. The van der Waals surface area contributed by atoms with E-state index in [2.05, 4.69) is 42.5 Å². The Labute approximate surface area is 120 Å². The summed E-state index contributed by atoms with van der Waals surface area (Å²) in [7, 11) is 0. The van der Waals surface area contributed by atoms with Crippen LogP contribution >= 0.6 is 0 Å². The molecule has 0 aliphatic rings. The highest BCUT2D eigenvalue weighted by atomic mass is 16.7. The van der Waals surface area contributed by atoms with E-state index in [4.69, 9.17) is 15.2 Å². The second kappa shape index (κ2) is 7.39. The van der Waals surface area contributed by atoms with Crippen molar-refractivity contribution >= 4 is 10.8 Å². The van der Waals surface area contributed by atoms with Crippen molar-refractivity contribution in [3.63, 3.8) is 0 Å². The number of rotatable bonds is 7.